The second kappa shape index (κ2) is 1.86. The minimum Gasteiger partial charge on any atom is -0.309 e. The molecule has 2 aliphatic rings. The van der Waals surface area contributed by atoms with Crippen LogP contribution in [0.3, 0.4) is 0 Å². The van der Waals surface area contributed by atoms with Gasteiger partial charge in [-0.2, -0.15) is 0 Å². The Hall–Kier alpha value is -0.820. The molecule has 1 saturated carbocycles. The smallest absolute Gasteiger partial charge is 0.0211 e. The van der Waals surface area contributed by atoms with Gasteiger partial charge >= 0.3 is 0 Å². The van der Waals surface area contributed by atoms with Gasteiger partial charge in [-0.1, -0.05) is 24.3 Å². The van der Waals surface area contributed by atoms with Gasteiger partial charge < -0.3 is 5.32 Å². The molecule has 1 unspecified atom stereocenters. The Bertz CT molecular complexity index is 293. The standard InChI is InChI=1S/C10H11N/c1-2-4-8-7(3-1)6-11-10-5-9(8)10/h1-4,9-11H,5-6H2/t9?,10-/m1/s1. The largest absolute Gasteiger partial charge is 0.309 e. The minimum absolute atomic E-state index is 0.810. The number of fused-ring (bicyclic) bond motifs is 3. The Morgan fingerprint density at radius 1 is 1.27 bits per heavy atom. The molecule has 1 N–H and O–H groups in total. The molecular weight excluding hydrogens is 134 g/mol. The highest BCUT2D eigenvalue weighted by Crippen LogP contribution is 2.44. The van der Waals surface area contributed by atoms with Gasteiger partial charge in [-0.3, -0.25) is 0 Å². The monoisotopic (exact) mass is 145 g/mol. The molecule has 1 nitrogen and oxygen atoms in total. The lowest BCUT2D eigenvalue weighted by atomic mass is 10.0. The van der Waals surface area contributed by atoms with E-state index in [2.05, 4.69) is 29.6 Å². The summed E-state index contributed by atoms with van der Waals surface area (Å²) in [5, 5.41) is 3.51. The van der Waals surface area contributed by atoms with Crippen molar-refractivity contribution in [3.63, 3.8) is 0 Å². The summed E-state index contributed by atoms with van der Waals surface area (Å²) in [7, 11) is 0. The van der Waals surface area contributed by atoms with Crippen LogP contribution in [0.25, 0.3) is 0 Å². The van der Waals surface area contributed by atoms with Gasteiger partial charge in [-0.15, -0.1) is 0 Å². The molecule has 2 atom stereocenters. The summed E-state index contributed by atoms with van der Waals surface area (Å²) in [5.74, 6) is 0.847. The first-order valence-electron chi connectivity index (χ1n) is 4.26. The zero-order valence-corrected chi connectivity index (χ0v) is 6.38. The SMILES string of the molecule is c1ccc2c(c1)CN[C@@H]1CC21. The van der Waals surface area contributed by atoms with Crippen molar-refractivity contribution in [1.29, 1.82) is 0 Å². The van der Waals surface area contributed by atoms with Crippen LogP contribution in [-0.4, -0.2) is 6.04 Å². The van der Waals surface area contributed by atoms with Gasteiger partial charge in [0.25, 0.3) is 0 Å². The molecule has 3 rings (SSSR count). The molecule has 1 aromatic carbocycles. The van der Waals surface area contributed by atoms with Crippen LogP contribution in [0.5, 0.6) is 0 Å². The molecule has 1 aliphatic heterocycles. The van der Waals surface area contributed by atoms with Gasteiger partial charge in [-0.05, 0) is 17.5 Å². The van der Waals surface area contributed by atoms with Crippen molar-refractivity contribution in [1.82, 2.24) is 5.32 Å². The first-order valence-corrected chi connectivity index (χ1v) is 4.26. The van der Waals surface area contributed by atoms with E-state index in [1.165, 1.54) is 12.0 Å². The second-order valence-electron chi connectivity index (χ2n) is 3.53. The van der Waals surface area contributed by atoms with Crippen molar-refractivity contribution < 1.29 is 0 Å². The Morgan fingerprint density at radius 2 is 2.18 bits per heavy atom. The van der Waals surface area contributed by atoms with Crippen molar-refractivity contribution in [3.05, 3.63) is 35.4 Å². The van der Waals surface area contributed by atoms with E-state index in [1.807, 2.05) is 0 Å². The Balaban J connectivity index is 2.14. The van der Waals surface area contributed by atoms with Crippen LogP contribution in [0.15, 0.2) is 24.3 Å². The molecule has 11 heavy (non-hydrogen) atoms. The number of rotatable bonds is 0. The molecule has 1 fully saturated rings. The molecule has 1 heteroatoms. The molecule has 1 aliphatic carbocycles. The molecule has 56 valence electrons. The van der Waals surface area contributed by atoms with Gasteiger partial charge in [0.1, 0.15) is 0 Å². The normalized spacial score (nSPS) is 32.4. The summed E-state index contributed by atoms with van der Waals surface area (Å²) in [4.78, 5) is 0. The third-order valence-corrected chi connectivity index (χ3v) is 2.80. The lowest BCUT2D eigenvalue weighted by Crippen LogP contribution is -2.22. The van der Waals surface area contributed by atoms with Gasteiger partial charge in [0.15, 0.2) is 0 Å². The van der Waals surface area contributed by atoms with Crippen LogP contribution in [0.4, 0.5) is 0 Å². The summed E-state index contributed by atoms with van der Waals surface area (Å²) in [6, 6.07) is 9.60. The Morgan fingerprint density at radius 3 is 3.18 bits per heavy atom. The predicted octanol–water partition coefficient (Wildman–Crippen LogP) is 1.65. The highest BCUT2D eigenvalue weighted by atomic mass is 15.0. The molecule has 0 aromatic heterocycles. The van der Waals surface area contributed by atoms with E-state index >= 15 is 0 Å². The van der Waals surface area contributed by atoms with Gasteiger partial charge in [0.2, 0.25) is 0 Å². The van der Waals surface area contributed by atoms with E-state index in [1.54, 1.807) is 5.56 Å². The maximum Gasteiger partial charge on any atom is 0.0211 e. The third-order valence-electron chi connectivity index (χ3n) is 2.80. The van der Waals surface area contributed by atoms with Gasteiger partial charge in [0.05, 0.1) is 0 Å². The number of hydrogen-bond acceptors (Lipinski definition) is 1. The Kier molecular flexibility index (Phi) is 0.977. The zero-order chi connectivity index (χ0) is 7.26. The molecule has 1 heterocycles. The van der Waals surface area contributed by atoms with Crippen molar-refractivity contribution in [3.8, 4) is 0 Å². The quantitative estimate of drug-likeness (QED) is 0.585. The maximum atomic E-state index is 3.51. The first-order chi connectivity index (χ1) is 5.45. The fourth-order valence-corrected chi connectivity index (χ4v) is 2.06. The minimum atomic E-state index is 0.810. The number of nitrogens with one attached hydrogen (secondary N) is 1. The van der Waals surface area contributed by atoms with E-state index in [0.717, 1.165) is 18.5 Å². The third kappa shape index (κ3) is 0.746. The van der Waals surface area contributed by atoms with E-state index in [9.17, 15) is 0 Å². The number of benzene rings is 1. The highest BCUT2D eigenvalue weighted by Gasteiger charge is 2.41. The van der Waals surface area contributed by atoms with Crippen LogP contribution < -0.4 is 5.32 Å². The summed E-state index contributed by atoms with van der Waals surface area (Å²) in [6.07, 6.45) is 1.36. The summed E-state index contributed by atoms with van der Waals surface area (Å²) < 4.78 is 0. The lowest BCUT2D eigenvalue weighted by Gasteiger charge is -2.15. The van der Waals surface area contributed by atoms with E-state index < -0.39 is 0 Å². The topological polar surface area (TPSA) is 12.0 Å². The van der Waals surface area contributed by atoms with Crippen molar-refractivity contribution >= 4 is 0 Å². The summed E-state index contributed by atoms with van der Waals surface area (Å²) >= 11 is 0. The molecule has 0 amide bonds. The van der Waals surface area contributed by atoms with Crippen LogP contribution in [0, 0.1) is 0 Å². The average molecular weight is 145 g/mol. The van der Waals surface area contributed by atoms with E-state index in [-0.39, 0.29) is 0 Å². The van der Waals surface area contributed by atoms with Crippen molar-refractivity contribution in [2.75, 3.05) is 0 Å². The molecule has 0 bridgehead atoms. The summed E-state index contributed by atoms with van der Waals surface area (Å²) in [5.41, 5.74) is 3.10. The average Bonchev–Trinajstić information content (AvgIpc) is 2.83. The van der Waals surface area contributed by atoms with Crippen molar-refractivity contribution in [2.45, 2.75) is 24.9 Å². The zero-order valence-electron chi connectivity index (χ0n) is 6.38. The van der Waals surface area contributed by atoms with Crippen LogP contribution >= 0.6 is 0 Å². The van der Waals surface area contributed by atoms with E-state index in [4.69, 9.17) is 0 Å². The lowest BCUT2D eigenvalue weighted by molar-refractivity contribution is 0.640. The fourth-order valence-electron chi connectivity index (χ4n) is 2.06. The molecule has 0 radical (unpaired) electrons. The van der Waals surface area contributed by atoms with Crippen LogP contribution in [-0.2, 0) is 6.54 Å². The predicted molar refractivity (Wildman–Crippen MR) is 44.4 cm³/mol. The molecule has 0 saturated heterocycles. The second-order valence-corrected chi connectivity index (χ2v) is 3.53. The first kappa shape index (κ1) is 5.78. The maximum absolute atomic E-state index is 3.51. The number of hydrogen-bond donors (Lipinski definition) is 1. The summed E-state index contributed by atoms with van der Waals surface area (Å²) in [6.45, 7) is 1.08. The van der Waals surface area contributed by atoms with Crippen molar-refractivity contribution in [2.24, 2.45) is 0 Å². The fraction of sp³-hybridized carbons (Fsp3) is 0.400. The van der Waals surface area contributed by atoms with Crippen LogP contribution in [0.2, 0.25) is 0 Å². The molecular formula is C10H11N. The molecule has 0 spiro atoms. The molecule has 1 aromatic rings. The van der Waals surface area contributed by atoms with Gasteiger partial charge in [0, 0.05) is 18.5 Å². The van der Waals surface area contributed by atoms with Crippen LogP contribution in [0.1, 0.15) is 23.5 Å². The highest BCUT2D eigenvalue weighted by molar-refractivity contribution is 5.38. The van der Waals surface area contributed by atoms with Gasteiger partial charge in [-0.25, -0.2) is 0 Å². The Labute approximate surface area is 66.4 Å². The van der Waals surface area contributed by atoms with E-state index in [0.29, 0.717) is 0 Å².